The van der Waals surface area contributed by atoms with Gasteiger partial charge in [0.1, 0.15) is 17.2 Å². The van der Waals surface area contributed by atoms with Crippen LogP contribution >= 0.6 is 0 Å². The summed E-state index contributed by atoms with van der Waals surface area (Å²) in [7, 11) is 0. The largest absolute Gasteiger partial charge is 0.368 e. The van der Waals surface area contributed by atoms with Gasteiger partial charge in [0, 0.05) is 62.3 Å². The average Bonchev–Trinajstić information content (AvgIpc) is 3.06. The first-order chi connectivity index (χ1) is 14.9. The number of imide groups is 1. The van der Waals surface area contributed by atoms with Gasteiger partial charge in [-0.25, -0.2) is 13.6 Å². The molecule has 1 aromatic heterocycles. The lowest BCUT2D eigenvalue weighted by Gasteiger charge is -2.36. The molecule has 1 aromatic carbocycles. The van der Waals surface area contributed by atoms with Gasteiger partial charge in [0.25, 0.3) is 5.91 Å². The predicted octanol–water partition coefficient (Wildman–Crippen LogP) is 1.52. The number of hydrogen-bond acceptors (Lipinski definition) is 5. The number of halogens is 2. The van der Waals surface area contributed by atoms with Gasteiger partial charge in [-0.1, -0.05) is 6.07 Å². The molecule has 2 fully saturated rings. The lowest BCUT2D eigenvalue weighted by atomic mass is 9.86. The smallest absolute Gasteiger partial charge is 0.322 e. The van der Waals surface area contributed by atoms with Crippen molar-refractivity contribution in [2.45, 2.75) is 18.4 Å². The van der Waals surface area contributed by atoms with Gasteiger partial charge in [-0.3, -0.25) is 19.9 Å². The molecule has 2 N–H and O–H groups in total. The number of aromatic nitrogens is 1. The van der Waals surface area contributed by atoms with Crippen LogP contribution in [0.3, 0.4) is 0 Å². The highest BCUT2D eigenvalue weighted by molar-refractivity contribution is 6.07. The van der Waals surface area contributed by atoms with Crippen molar-refractivity contribution >= 4 is 23.5 Å². The maximum Gasteiger partial charge on any atom is 0.322 e. The van der Waals surface area contributed by atoms with Gasteiger partial charge >= 0.3 is 6.03 Å². The van der Waals surface area contributed by atoms with Gasteiger partial charge in [0.15, 0.2) is 0 Å². The Morgan fingerprint density at radius 1 is 1.10 bits per heavy atom. The number of carbonyl (C=O) groups is 3. The molecule has 0 saturated carbocycles. The van der Waals surface area contributed by atoms with Gasteiger partial charge in [-0.2, -0.15) is 0 Å². The summed E-state index contributed by atoms with van der Waals surface area (Å²) >= 11 is 0. The number of nitrogens with zero attached hydrogens (tertiary/aromatic N) is 3. The highest BCUT2D eigenvalue weighted by Crippen LogP contribution is 2.30. The Labute approximate surface area is 177 Å². The molecule has 0 bridgehead atoms. The molecule has 2 aliphatic rings. The Balaban J connectivity index is 1.39. The molecule has 0 aliphatic carbocycles. The molecule has 8 nitrogen and oxygen atoms in total. The van der Waals surface area contributed by atoms with E-state index >= 15 is 0 Å². The van der Waals surface area contributed by atoms with Crippen LogP contribution in [0.1, 0.15) is 18.4 Å². The van der Waals surface area contributed by atoms with Crippen LogP contribution in [-0.4, -0.2) is 53.9 Å². The highest BCUT2D eigenvalue weighted by atomic mass is 19.1. The quantitative estimate of drug-likeness (QED) is 0.703. The van der Waals surface area contributed by atoms with E-state index in [9.17, 15) is 23.2 Å². The fourth-order valence-electron chi connectivity index (χ4n) is 4.02. The molecule has 2 aliphatic heterocycles. The van der Waals surface area contributed by atoms with Crippen LogP contribution in [0, 0.1) is 11.6 Å². The second-order valence-electron chi connectivity index (χ2n) is 7.55. The summed E-state index contributed by atoms with van der Waals surface area (Å²) in [5.74, 6) is -1.98. The van der Waals surface area contributed by atoms with Crippen molar-refractivity contribution in [3.8, 4) is 0 Å². The zero-order chi connectivity index (χ0) is 22.0. The average molecular weight is 429 g/mol. The molecule has 10 heteroatoms. The van der Waals surface area contributed by atoms with Crippen molar-refractivity contribution in [3.05, 3.63) is 59.9 Å². The van der Waals surface area contributed by atoms with Crippen LogP contribution in [0.25, 0.3) is 0 Å². The third-order valence-electron chi connectivity index (χ3n) is 5.65. The van der Waals surface area contributed by atoms with Crippen LogP contribution in [0.5, 0.6) is 0 Å². The van der Waals surface area contributed by atoms with Gasteiger partial charge < -0.3 is 15.1 Å². The van der Waals surface area contributed by atoms with E-state index in [0.717, 1.165) is 6.07 Å². The third-order valence-corrected chi connectivity index (χ3v) is 5.65. The van der Waals surface area contributed by atoms with Gasteiger partial charge in [-0.15, -0.1) is 0 Å². The maximum atomic E-state index is 13.5. The number of amides is 4. The predicted molar refractivity (Wildman–Crippen MR) is 107 cm³/mol. The van der Waals surface area contributed by atoms with E-state index in [1.165, 1.54) is 18.3 Å². The van der Waals surface area contributed by atoms with Crippen LogP contribution in [0.15, 0.2) is 42.7 Å². The van der Waals surface area contributed by atoms with Gasteiger partial charge in [0.05, 0.1) is 0 Å². The third kappa shape index (κ3) is 4.18. The Morgan fingerprint density at radius 2 is 1.81 bits per heavy atom. The Hall–Kier alpha value is -3.56. The maximum absolute atomic E-state index is 13.5. The first kappa shape index (κ1) is 20.7. The number of carbonyl (C=O) groups excluding carboxylic acids is 3. The number of piperazine rings is 1. The second-order valence-corrected chi connectivity index (χ2v) is 7.55. The zero-order valence-corrected chi connectivity index (χ0v) is 16.6. The van der Waals surface area contributed by atoms with Crippen molar-refractivity contribution in [1.29, 1.82) is 0 Å². The fraction of sp³-hybridized carbons (Fsp3) is 0.333. The Morgan fingerprint density at radius 3 is 2.39 bits per heavy atom. The van der Waals surface area contributed by atoms with Crippen molar-refractivity contribution in [2.75, 3.05) is 31.1 Å². The molecule has 1 atom stereocenters. The Bertz CT molecular complexity index is 991. The van der Waals surface area contributed by atoms with Crippen molar-refractivity contribution < 1.29 is 23.2 Å². The summed E-state index contributed by atoms with van der Waals surface area (Å²) in [5, 5.41) is 4.87. The molecule has 162 valence electrons. The molecular weight excluding hydrogens is 408 g/mol. The number of pyridine rings is 1. The molecular formula is C21H21F2N5O3. The summed E-state index contributed by atoms with van der Waals surface area (Å²) in [6.45, 7) is 1.63. The molecule has 2 saturated heterocycles. The Kier molecular flexibility index (Phi) is 5.53. The zero-order valence-electron chi connectivity index (χ0n) is 16.6. The van der Waals surface area contributed by atoms with E-state index in [1.807, 2.05) is 4.90 Å². The first-order valence-corrected chi connectivity index (χ1v) is 9.90. The topological polar surface area (TPSA) is 94.6 Å². The van der Waals surface area contributed by atoms with Crippen LogP contribution in [0.2, 0.25) is 0 Å². The molecule has 4 amide bonds. The number of hydrogen-bond donors (Lipinski definition) is 2. The summed E-state index contributed by atoms with van der Waals surface area (Å²) < 4.78 is 26.9. The standard InChI is InChI=1S/C21H21F2N5O3/c22-15-10-16(23)12-17(11-15)27-6-8-28(9-7-27)18(29)3-4-21(14-2-1-5-24-13-14)19(30)25-20(31)26-21/h1-2,5,10-13H,3-4,6-9H2,(H2,25,26,30,31). The summed E-state index contributed by atoms with van der Waals surface area (Å²) in [5.41, 5.74) is -0.406. The molecule has 0 spiro atoms. The van der Waals surface area contributed by atoms with E-state index in [4.69, 9.17) is 0 Å². The molecule has 1 unspecified atom stereocenters. The van der Waals surface area contributed by atoms with Crippen LogP contribution in [0.4, 0.5) is 19.3 Å². The number of urea groups is 1. The first-order valence-electron chi connectivity index (χ1n) is 9.90. The number of anilines is 1. The lowest BCUT2D eigenvalue weighted by molar-refractivity contribution is -0.132. The number of nitrogens with one attached hydrogen (secondary N) is 2. The fourth-order valence-corrected chi connectivity index (χ4v) is 4.02. The van der Waals surface area contributed by atoms with Crippen molar-refractivity contribution in [3.63, 3.8) is 0 Å². The minimum absolute atomic E-state index is 0.0389. The van der Waals surface area contributed by atoms with E-state index in [0.29, 0.717) is 37.4 Å². The molecule has 4 rings (SSSR count). The normalized spacial score (nSPS) is 21.1. The minimum Gasteiger partial charge on any atom is -0.368 e. The van der Waals surface area contributed by atoms with Crippen LogP contribution in [-0.2, 0) is 15.1 Å². The van der Waals surface area contributed by atoms with E-state index in [2.05, 4.69) is 15.6 Å². The van der Waals surface area contributed by atoms with Crippen molar-refractivity contribution in [2.24, 2.45) is 0 Å². The van der Waals surface area contributed by atoms with E-state index in [-0.39, 0.29) is 18.7 Å². The molecule has 3 heterocycles. The number of benzene rings is 1. The molecule has 31 heavy (non-hydrogen) atoms. The minimum atomic E-state index is -1.35. The SMILES string of the molecule is O=C1NC(=O)C(CCC(=O)N2CCN(c3cc(F)cc(F)c3)CC2)(c2cccnc2)N1. The monoisotopic (exact) mass is 429 g/mol. The molecule has 2 aromatic rings. The summed E-state index contributed by atoms with van der Waals surface area (Å²) in [4.78, 5) is 44.6. The van der Waals surface area contributed by atoms with Gasteiger partial charge in [-0.05, 0) is 24.6 Å². The van der Waals surface area contributed by atoms with Crippen LogP contribution < -0.4 is 15.5 Å². The lowest BCUT2D eigenvalue weighted by Crippen LogP contribution is -2.50. The molecule has 0 radical (unpaired) electrons. The summed E-state index contributed by atoms with van der Waals surface area (Å²) in [6.07, 6.45) is 3.18. The van der Waals surface area contributed by atoms with Crippen molar-refractivity contribution in [1.82, 2.24) is 20.5 Å². The van der Waals surface area contributed by atoms with Gasteiger partial charge in [0.2, 0.25) is 5.91 Å². The number of rotatable bonds is 5. The summed E-state index contributed by atoms with van der Waals surface area (Å²) in [6, 6.07) is 6.07. The van der Waals surface area contributed by atoms with E-state index in [1.54, 1.807) is 23.2 Å². The second kappa shape index (κ2) is 8.29. The highest BCUT2D eigenvalue weighted by Gasteiger charge is 2.48. The van der Waals surface area contributed by atoms with E-state index < -0.39 is 29.1 Å².